The van der Waals surface area contributed by atoms with Gasteiger partial charge >= 0.3 is 0 Å². The molecule has 5 rings (SSSR count). The summed E-state index contributed by atoms with van der Waals surface area (Å²) in [5.41, 5.74) is 3.59. The van der Waals surface area contributed by atoms with E-state index in [0.29, 0.717) is 29.4 Å². The van der Waals surface area contributed by atoms with Crippen molar-refractivity contribution in [2.24, 2.45) is 5.92 Å². The van der Waals surface area contributed by atoms with Gasteiger partial charge in [0.05, 0.1) is 39.9 Å². The Morgan fingerprint density at radius 1 is 1.07 bits per heavy atom. The zero-order chi connectivity index (χ0) is 28.6. The van der Waals surface area contributed by atoms with Gasteiger partial charge in [0.15, 0.2) is 21.3 Å². The molecule has 1 atom stereocenters. The van der Waals surface area contributed by atoms with Crippen molar-refractivity contribution >= 4 is 21.0 Å². The first kappa shape index (κ1) is 27.5. The molecule has 1 fully saturated rings. The highest BCUT2D eigenvalue weighted by molar-refractivity contribution is 7.91. The molecule has 0 aliphatic heterocycles. The molecule has 0 amide bonds. The number of hydrogen-bond donors (Lipinski definition) is 0. The number of pyridine rings is 1. The molecule has 1 saturated carbocycles. The van der Waals surface area contributed by atoms with Crippen molar-refractivity contribution in [1.29, 1.82) is 5.26 Å². The largest absolute Gasteiger partial charge is 0.275 e. The van der Waals surface area contributed by atoms with E-state index < -0.39 is 21.4 Å². The van der Waals surface area contributed by atoms with Crippen molar-refractivity contribution in [3.63, 3.8) is 0 Å². The van der Waals surface area contributed by atoms with Crippen LogP contribution in [0.25, 0.3) is 22.6 Å². The lowest BCUT2D eigenvalue weighted by molar-refractivity contribution is 0.455. The highest BCUT2D eigenvalue weighted by Crippen LogP contribution is 2.43. The van der Waals surface area contributed by atoms with E-state index in [0.717, 1.165) is 29.8 Å². The summed E-state index contributed by atoms with van der Waals surface area (Å²) >= 11 is 0. The van der Waals surface area contributed by atoms with Gasteiger partial charge in [-0.3, -0.25) is 14.3 Å². The summed E-state index contributed by atoms with van der Waals surface area (Å²) in [5.74, 6) is 0.568. The molecule has 11 nitrogen and oxygen atoms in total. The second kappa shape index (κ2) is 10.8. The number of aromatic nitrogens is 7. The zero-order valence-electron chi connectivity index (χ0n) is 22.9. The van der Waals surface area contributed by atoms with Crippen LogP contribution in [0.15, 0.2) is 40.5 Å². The predicted octanol–water partition coefficient (Wildman–Crippen LogP) is 3.52. The quantitative estimate of drug-likeness (QED) is 0.298. The van der Waals surface area contributed by atoms with Crippen LogP contribution in [-0.4, -0.2) is 48.6 Å². The van der Waals surface area contributed by atoms with Gasteiger partial charge in [-0.1, -0.05) is 20.8 Å². The van der Waals surface area contributed by atoms with Crippen LogP contribution in [0.1, 0.15) is 68.3 Å². The molecule has 0 aromatic carbocycles. The Hall–Kier alpha value is -4.11. The Kier molecular flexibility index (Phi) is 7.42. The van der Waals surface area contributed by atoms with Gasteiger partial charge in [-0.05, 0) is 44.2 Å². The molecule has 0 N–H and O–H groups in total. The van der Waals surface area contributed by atoms with E-state index in [9.17, 15) is 18.5 Å². The third kappa shape index (κ3) is 5.21. The molecule has 0 unspecified atom stereocenters. The third-order valence-corrected chi connectivity index (χ3v) is 8.87. The molecule has 1 aliphatic rings. The lowest BCUT2D eigenvalue weighted by atomic mass is 10.0. The Morgan fingerprint density at radius 3 is 2.48 bits per heavy atom. The molecule has 40 heavy (non-hydrogen) atoms. The Labute approximate surface area is 232 Å². The highest BCUT2D eigenvalue weighted by atomic mass is 32.2. The minimum Gasteiger partial charge on any atom is -0.273 e. The van der Waals surface area contributed by atoms with Crippen molar-refractivity contribution in [3.8, 4) is 17.5 Å². The van der Waals surface area contributed by atoms with Crippen LogP contribution < -0.4 is 5.56 Å². The number of fused-ring (bicyclic) bond motifs is 1. The highest BCUT2D eigenvalue weighted by Gasteiger charge is 2.31. The van der Waals surface area contributed by atoms with Gasteiger partial charge in [-0.2, -0.15) is 5.26 Å². The molecule has 4 heterocycles. The van der Waals surface area contributed by atoms with Crippen LogP contribution in [0.4, 0.5) is 0 Å². The molecule has 4 aromatic heterocycles. The number of rotatable bonds is 9. The van der Waals surface area contributed by atoms with Crippen LogP contribution in [0.5, 0.6) is 0 Å². The summed E-state index contributed by atoms with van der Waals surface area (Å²) in [6, 6.07) is 4.67. The van der Waals surface area contributed by atoms with Crippen LogP contribution in [0.3, 0.4) is 0 Å². The standard InChI is InChI=1S/C28H30N8O3S/c1-5-40(38,39)20-10-8-19(30-13-20)9-11-21-28(37)36(23(12-29)16(2)3)27-22(34-21)14-31-26(35-27)24-17(4)32-15-33-25(24)18-6-7-18/h8,10,13-16,18,23H,5-7,9,11H2,1-4H3/t23-/m0/s1. The summed E-state index contributed by atoms with van der Waals surface area (Å²) in [5, 5.41) is 10.0. The van der Waals surface area contributed by atoms with Crippen molar-refractivity contribution in [2.45, 2.75) is 70.2 Å². The van der Waals surface area contributed by atoms with Crippen molar-refractivity contribution in [1.82, 2.24) is 34.5 Å². The van der Waals surface area contributed by atoms with Gasteiger partial charge in [0.2, 0.25) is 0 Å². The lowest BCUT2D eigenvalue weighted by Gasteiger charge is -2.19. The smallest absolute Gasteiger partial charge is 0.273 e. The summed E-state index contributed by atoms with van der Waals surface area (Å²) in [6.45, 7) is 7.23. The first-order chi connectivity index (χ1) is 19.1. The van der Waals surface area contributed by atoms with Gasteiger partial charge in [0, 0.05) is 24.2 Å². The lowest BCUT2D eigenvalue weighted by Crippen LogP contribution is -2.32. The van der Waals surface area contributed by atoms with Gasteiger partial charge in [0.1, 0.15) is 23.6 Å². The minimum atomic E-state index is -3.35. The SMILES string of the molecule is CCS(=O)(=O)c1ccc(CCc2nc3cnc(-c4c(C)ncnc4C4CC4)nc3n([C@@H](C#N)C(C)C)c2=O)nc1. The Morgan fingerprint density at radius 2 is 1.85 bits per heavy atom. The van der Waals surface area contributed by atoms with E-state index in [-0.39, 0.29) is 34.3 Å². The maximum absolute atomic E-state index is 13.8. The minimum absolute atomic E-state index is 0.00691. The van der Waals surface area contributed by atoms with E-state index in [1.807, 2.05) is 20.8 Å². The fourth-order valence-electron chi connectivity index (χ4n) is 4.69. The van der Waals surface area contributed by atoms with Crippen molar-refractivity contribution in [3.05, 3.63) is 64.0 Å². The summed E-state index contributed by atoms with van der Waals surface area (Å²) in [4.78, 5) is 41.1. The fourth-order valence-corrected chi connectivity index (χ4v) is 5.51. The normalized spacial score (nSPS) is 14.4. The monoisotopic (exact) mass is 558 g/mol. The van der Waals surface area contributed by atoms with Crippen LogP contribution in [0, 0.1) is 24.2 Å². The number of hydrogen-bond acceptors (Lipinski definition) is 10. The second-order valence-electron chi connectivity index (χ2n) is 10.3. The van der Waals surface area contributed by atoms with Gasteiger partial charge in [-0.25, -0.2) is 33.3 Å². The molecule has 0 saturated heterocycles. The number of sulfone groups is 1. The third-order valence-electron chi connectivity index (χ3n) is 7.15. The average Bonchev–Trinajstić information content (AvgIpc) is 3.79. The summed E-state index contributed by atoms with van der Waals surface area (Å²) in [6.07, 6.45) is 7.17. The van der Waals surface area contributed by atoms with E-state index in [1.165, 1.54) is 16.8 Å². The zero-order valence-corrected chi connectivity index (χ0v) is 23.7. The second-order valence-corrected chi connectivity index (χ2v) is 12.6. The molecule has 4 aromatic rings. The molecular weight excluding hydrogens is 528 g/mol. The molecule has 206 valence electrons. The molecule has 12 heteroatoms. The van der Waals surface area contributed by atoms with Crippen LogP contribution in [0.2, 0.25) is 0 Å². The van der Waals surface area contributed by atoms with E-state index in [2.05, 4.69) is 31.0 Å². The van der Waals surface area contributed by atoms with Gasteiger partial charge < -0.3 is 0 Å². The predicted molar refractivity (Wildman–Crippen MR) is 148 cm³/mol. The molecular formula is C28H30N8O3S. The van der Waals surface area contributed by atoms with Gasteiger partial charge in [-0.15, -0.1) is 0 Å². The summed E-state index contributed by atoms with van der Waals surface area (Å²) < 4.78 is 25.6. The molecule has 1 aliphatic carbocycles. The van der Waals surface area contributed by atoms with E-state index in [1.54, 1.807) is 25.5 Å². The topological polar surface area (TPSA) is 157 Å². The molecule has 0 spiro atoms. The Balaban J connectivity index is 1.58. The summed E-state index contributed by atoms with van der Waals surface area (Å²) in [7, 11) is -3.35. The number of nitriles is 1. The first-order valence-corrected chi connectivity index (χ1v) is 15.0. The van der Waals surface area contributed by atoms with Crippen molar-refractivity contribution in [2.75, 3.05) is 5.75 Å². The van der Waals surface area contributed by atoms with Crippen molar-refractivity contribution < 1.29 is 8.42 Å². The fraction of sp³-hybridized carbons (Fsp3) is 0.429. The number of aryl methyl sites for hydroxylation is 3. The first-order valence-electron chi connectivity index (χ1n) is 13.3. The molecule has 0 bridgehead atoms. The Bertz CT molecular complexity index is 1790. The van der Waals surface area contributed by atoms with E-state index >= 15 is 0 Å². The van der Waals surface area contributed by atoms with E-state index in [4.69, 9.17) is 4.98 Å². The van der Waals surface area contributed by atoms with Gasteiger partial charge in [0.25, 0.3) is 5.56 Å². The number of nitrogens with zero attached hydrogens (tertiary/aromatic N) is 8. The maximum Gasteiger partial charge on any atom is 0.275 e. The van der Waals surface area contributed by atoms with Crippen LogP contribution >= 0.6 is 0 Å². The molecule has 0 radical (unpaired) electrons. The van der Waals surface area contributed by atoms with Crippen LogP contribution in [-0.2, 0) is 22.7 Å². The average molecular weight is 559 g/mol. The maximum atomic E-state index is 13.8.